The number of aryl methyl sites for hydroxylation is 1. The Balaban J connectivity index is 2.89. The number of hydrogen-bond acceptors (Lipinski definition) is 5. The van der Waals surface area contributed by atoms with E-state index in [-0.39, 0.29) is 6.04 Å². The van der Waals surface area contributed by atoms with Crippen molar-refractivity contribution in [2.75, 3.05) is 32.6 Å². The smallest absolute Gasteiger partial charge is 0.145 e. The van der Waals surface area contributed by atoms with Crippen LogP contribution in [0.3, 0.4) is 0 Å². The van der Waals surface area contributed by atoms with Crippen molar-refractivity contribution >= 4 is 5.69 Å². The van der Waals surface area contributed by atoms with E-state index in [2.05, 4.69) is 5.32 Å². The summed E-state index contributed by atoms with van der Waals surface area (Å²) in [7, 11) is 3.26. The van der Waals surface area contributed by atoms with Gasteiger partial charge < -0.3 is 26.3 Å². The molecular formula is C12H21N3O2. The van der Waals surface area contributed by atoms with E-state index < -0.39 is 0 Å². The van der Waals surface area contributed by atoms with Gasteiger partial charge in [0.1, 0.15) is 11.5 Å². The van der Waals surface area contributed by atoms with Crippen molar-refractivity contribution < 1.29 is 9.47 Å². The summed E-state index contributed by atoms with van der Waals surface area (Å²) in [6.45, 7) is 3.05. The highest BCUT2D eigenvalue weighted by Gasteiger charge is 2.10. The van der Waals surface area contributed by atoms with Crippen molar-refractivity contribution in [3.63, 3.8) is 0 Å². The molecular weight excluding hydrogens is 218 g/mol. The van der Waals surface area contributed by atoms with Gasteiger partial charge in [0.15, 0.2) is 0 Å². The minimum Gasteiger partial charge on any atom is -0.497 e. The van der Waals surface area contributed by atoms with Gasteiger partial charge in [-0.25, -0.2) is 0 Å². The van der Waals surface area contributed by atoms with E-state index >= 15 is 0 Å². The predicted molar refractivity (Wildman–Crippen MR) is 69.8 cm³/mol. The first-order valence-electron chi connectivity index (χ1n) is 5.54. The van der Waals surface area contributed by atoms with Crippen molar-refractivity contribution in [1.82, 2.24) is 0 Å². The fourth-order valence-electron chi connectivity index (χ4n) is 1.54. The third kappa shape index (κ3) is 3.51. The third-order valence-corrected chi connectivity index (χ3v) is 2.57. The quantitative estimate of drug-likeness (QED) is 0.681. The normalized spacial score (nSPS) is 12.1. The first-order chi connectivity index (χ1) is 8.12. The Bertz CT molecular complexity index is 369. The van der Waals surface area contributed by atoms with Crippen LogP contribution in [0.25, 0.3) is 0 Å². The van der Waals surface area contributed by atoms with E-state index in [4.69, 9.17) is 20.9 Å². The van der Waals surface area contributed by atoms with E-state index in [0.29, 0.717) is 13.1 Å². The van der Waals surface area contributed by atoms with Gasteiger partial charge in [0, 0.05) is 25.2 Å². The average Bonchev–Trinajstić information content (AvgIpc) is 2.35. The number of nitrogens with two attached hydrogens (primary N) is 2. The summed E-state index contributed by atoms with van der Waals surface area (Å²) in [5, 5.41) is 3.25. The molecule has 0 saturated carbocycles. The molecule has 96 valence electrons. The van der Waals surface area contributed by atoms with Crippen molar-refractivity contribution in [3.05, 3.63) is 17.7 Å². The molecule has 1 atom stereocenters. The standard InChI is InChI=1S/C12H21N3O2/c1-8-4-10(16-2)5-11(17-3)12(8)15-7-9(14)6-13/h4-5,9,15H,6-7,13-14H2,1-3H3. The minimum atomic E-state index is -0.0683. The lowest BCUT2D eigenvalue weighted by atomic mass is 10.1. The lowest BCUT2D eigenvalue weighted by Crippen LogP contribution is -2.36. The monoisotopic (exact) mass is 239 g/mol. The minimum absolute atomic E-state index is 0.0683. The number of ether oxygens (including phenoxy) is 2. The molecule has 0 spiro atoms. The van der Waals surface area contributed by atoms with Crippen LogP contribution in [0, 0.1) is 6.92 Å². The van der Waals surface area contributed by atoms with Crippen LogP contribution in [0.5, 0.6) is 11.5 Å². The summed E-state index contributed by atoms with van der Waals surface area (Å²) in [5.74, 6) is 1.51. The molecule has 1 aromatic rings. The first-order valence-corrected chi connectivity index (χ1v) is 5.54. The Hall–Kier alpha value is -1.46. The molecule has 0 heterocycles. The van der Waals surface area contributed by atoms with Gasteiger partial charge in [-0.15, -0.1) is 0 Å². The van der Waals surface area contributed by atoms with E-state index in [1.54, 1.807) is 14.2 Å². The van der Waals surface area contributed by atoms with Crippen LogP contribution >= 0.6 is 0 Å². The summed E-state index contributed by atoms with van der Waals surface area (Å²) in [5.41, 5.74) is 13.2. The Kier molecular flexibility index (Phi) is 5.06. The molecule has 0 aromatic heterocycles. The van der Waals surface area contributed by atoms with Gasteiger partial charge in [-0.05, 0) is 18.6 Å². The van der Waals surface area contributed by atoms with Gasteiger partial charge in [-0.3, -0.25) is 0 Å². The van der Waals surface area contributed by atoms with Crippen molar-refractivity contribution in [1.29, 1.82) is 0 Å². The number of methoxy groups -OCH3 is 2. The van der Waals surface area contributed by atoms with Crippen LogP contribution in [0.1, 0.15) is 5.56 Å². The zero-order valence-corrected chi connectivity index (χ0v) is 10.6. The SMILES string of the molecule is COc1cc(C)c(NCC(N)CN)c(OC)c1. The molecule has 0 amide bonds. The van der Waals surface area contributed by atoms with Crippen LogP contribution in [-0.4, -0.2) is 33.4 Å². The summed E-state index contributed by atoms with van der Waals surface area (Å²) < 4.78 is 10.5. The zero-order chi connectivity index (χ0) is 12.8. The third-order valence-electron chi connectivity index (χ3n) is 2.57. The largest absolute Gasteiger partial charge is 0.497 e. The number of hydrogen-bond donors (Lipinski definition) is 3. The summed E-state index contributed by atoms with van der Waals surface area (Å²) >= 11 is 0. The van der Waals surface area contributed by atoms with Crippen LogP contribution < -0.4 is 26.3 Å². The second kappa shape index (κ2) is 6.32. The Labute approximate surface area is 102 Å². The van der Waals surface area contributed by atoms with Gasteiger partial charge in [-0.1, -0.05) is 0 Å². The van der Waals surface area contributed by atoms with Crippen LogP contribution in [0.15, 0.2) is 12.1 Å². The Morgan fingerprint density at radius 3 is 2.53 bits per heavy atom. The van der Waals surface area contributed by atoms with Crippen LogP contribution in [0.4, 0.5) is 5.69 Å². The molecule has 1 unspecified atom stereocenters. The molecule has 0 radical (unpaired) electrons. The highest BCUT2D eigenvalue weighted by Crippen LogP contribution is 2.32. The molecule has 17 heavy (non-hydrogen) atoms. The molecule has 0 aliphatic carbocycles. The van der Waals surface area contributed by atoms with Gasteiger partial charge >= 0.3 is 0 Å². The maximum atomic E-state index is 5.77. The van der Waals surface area contributed by atoms with Crippen LogP contribution in [0.2, 0.25) is 0 Å². The van der Waals surface area contributed by atoms with Crippen molar-refractivity contribution in [2.45, 2.75) is 13.0 Å². The predicted octanol–water partition coefficient (Wildman–Crippen LogP) is 0.710. The van der Waals surface area contributed by atoms with Gasteiger partial charge in [0.05, 0.1) is 19.9 Å². The Morgan fingerprint density at radius 2 is 2.00 bits per heavy atom. The second-order valence-electron chi connectivity index (χ2n) is 3.90. The molecule has 0 aliphatic heterocycles. The molecule has 5 nitrogen and oxygen atoms in total. The average molecular weight is 239 g/mol. The molecule has 5 N–H and O–H groups in total. The van der Waals surface area contributed by atoms with Crippen LogP contribution in [-0.2, 0) is 0 Å². The number of anilines is 1. The fraction of sp³-hybridized carbons (Fsp3) is 0.500. The molecule has 0 aliphatic rings. The van der Waals surface area contributed by atoms with Gasteiger partial charge in [0.2, 0.25) is 0 Å². The zero-order valence-electron chi connectivity index (χ0n) is 10.6. The second-order valence-corrected chi connectivity index (χ2v) is 3.90. The number of benzene rings is 1. The number of rotatable bonds is 6. The highest BCUT2D eigenvalue weighted by atomic mass is 16.5. The van der Waals surface area contributed by atoms with Gasteiger partial charge in [-0.2, -0.15) is 0 Å². The lowest BCUT2D eigenvalue weighted by Gasteiger charge is -2.17. The van der Waals surface area contributed by atoms with Crippen molar-refractivity contribution in [3.8, 4) is 11.5 Å². The topological polar surface area (TPSA) is 82.5 Å². The molecule has 5 heteroatoms. The fourth-order valence-corrected chi connectivity index (χ4v) is 1.54. The highest BCUT2D eigenvalue weighted by molar-refractivity contribution is 5.64. The maximum absolute atomic E-state index is 5.77. The van der Waals surface area contributed by atoms with E-state index in [0.717, 1.165) is 22.7 Å². The summed E-state index contributed by atoms with van der Waals surface area (Å²) in [6.07, 6.45) is 0. The maximum Gasteiger partial charge on any atom is 0.145 e. The van der Waals surface area contributed by atoms with E-state index in [9.17, 15) is 0 Å². The lowest BCUT2D eigenvalue weighted by molar-refractivity contribution is 0.395. The molecule has 1 aromatic carbocycles. The van der Waals surface area contributed by atoms with E-state index in [1.807, 2.05) is 19.1 Å². The number of nitrogens with one attached hydrogen (secondary N) is 1. The summed E-state index contributed by atoms with van der Waals surface area (Å²) in [6, 6.07) is 3.71. The van der Waals surface area contributed by atoms with Gasteiger partial charge in [0.25, 0.3) is 0 Å². The van der Waals surface area contributed by atoms with E-state index in [1.165, 1.54) is 0 Å². The summed E-state index contributed by atoms with van der Waals surface area (Å²) in [4.78, 5) is 0. The Morgan fingerprint density at radius 1 is 1.29 bits per heavy atom. The molecule has 0 fully saturated rings. The molecule has 0 saturated heterocycles. The first kappa shape index (κ1) is 13.6. The molecule has 1 rings (SSSR count). The van der Waals surface area contributed by atoms with Crippen molar-refractivity contribution in [2.24, 2.45) is 11.5 Å². The molecule has 0 bridgehead atoms.